The van der Waals surface area contributed by atoms with Crippen LogP contribution in [0.5, 0.6) is 0 Å². The number of sulfonamides is 1. The zero-order chi connectivity index (χ0) is 22.1. The van der Waals surface area contributed by atoms with Crippen LogP contribution in [0.15, 0.2) is 53.4 Å². The quantitative estimate of drug-likeness (QED) is 0.514. The summed E-state index contributed by atoms with van der Waals surface area (Å²) in [7, 11) is -3.87. The normalized spacial score (nSPS) is 11.2. The van der Waals surface area contributed by atoms with Crippen molar-refractivity contribution in [3.8, 4) is 0 Å². The Kier molecular flexibility index (Phi) is 5.75. The number of carbonyl (C=O) groups excluding carboxylic acids is 2. The standard InChI is InChI=1S/C21H20FN3O4S/c1-12-19(14(3)26)13(2)23-20(12)21(27)24-16-6-8-17(9-7-16)25-30(28,29)18-10-4-15(22)5-11-18/h4-11,23,25H,1-3H3,(H,24,27). The number of hydrogen-bond donors (Lipinski definition) is 3. The van der Waals surface area contributed by atoms with Gasteiger partial charge < -0.3 is 10.3 Å². The Labute approximate surface area is 173 Å². The summed E-state index contributed by atoms with van der Waals surface area (Å²) in [6.07, 6.45) is 0. The van der Waals surface area contributed by atoms with Gasteiger partial charge >= 0.3 is 0 Å². The number of halogens is 1. The molecule has 30 heavy (non-hydrogen) atoms. The van der Waals surface area contributed by atoms with Crippen molar-refractivity contribution in [2.24, 2.45) is 0 Å². The largest absolute Gasteiger partial charge is 0.354 e. The minimum atomic E-state index is -3.87. The van der Waals surface area contributed by atoms with E-state index < -0.39 is 21.7 Å². The Balaban J connectivity index is 1.73. The van der Waals surface area contributed by atoms with E-state index in [1.165, 1.54) is 43.3 Å². The summed E-state index contributed by atoms with van der Waals surface area (Å²) in [5, 5.41) is 2.71. The van der Waals surface area contributed by atoms with Gasteiger partial charge in [-0.25, -0.2) is 12.8 Å². The molecule has 0 spiro atoms. The maximum atomic E-state index is 13.0. The van der Waals surface area contributed by atoms with Crippen LogP contribution in [0.2, 0.25) is 0 Å². The molecule has 3 N–H and O–H groups in total. The zero-order valence-corrected chi connectivity index (χ0v) is 17.4. The van der Waals surface area contributed by atoms with Crippen LogP contribution in [0.1, 0.15) is 39.0 Å². The summed E-state index contributed by atoms with van der Waals surface area (Å²) < 4.78 is 40.1. The molecule has 156 valence electrons. The molecule has 1 aromatic heterocycles. The molecular weight excluding hydrogens is 409 g/mol. The highest BCUT2D eigenvalue weighted by Crippen LogP contribution is 2.22. The molecule has 0 aliphatic heterocycles. The summed E-state index contributed by atoms with van der Waals surface area (Å²) in [4.78, 5) is 27.1. The SMILES string of the molecule is CC(=O)c1c(C)[nH]c(C(=O)Nc2ccc(NS(=O)(=O)c3ccc(F)cc3)cc2)c1C. The van der Waals surface area contributed by atoms with E-state index in [1.54, 1.807) is 13.8 Å². The number of benzene rings is 2. The minimum Gasteiger partial charge on any atom is -0.354 e. The molecule has 0 aliphatic carbocycles. The third-order valence-corrected chi connectivity index (χ3v) is 5.93. The number of anilines is 2. The van der Waals surface area contributed by atoms with E-state index in [9.17, 15) is 22.4 Å². The first-order chi connectivity index (χ1) is 14.1. The third-order valence-electron chi connectivity index (χ3n) is 4.54. The molecule has 0 fully saturated rings. The number of aryl methyl sites for hydroxylation is 1. The van der Waals surface area contributed by atoms with Gasteiger partial charge in [-0.05, 0) is 74.9 Å². The topological polar surface area (TPSA) is 108 Å². The zero-order valence-electron chi connectivity index (χ0n) is 16.5. The molecular formula is C21H20FN3O4S. The van der Waals surface area contributed by atoms with E-state index >= 15 is 0 Å². The lowest BCUT2D eigenvalue weighted by atomic mass is 10.1. The summed E-state index contributed by atoms with van der Waals surface area (Å²) in [6.45, 7) is 4.86. The third kappa shape index (κ3) is 4.41. The number of ketones is 1. The van der Waals surface area contributed by atoms with Crippen LogP contribution in [0.4, 0.5) is 15.8 Å². The molecule has 9 heteroatoms. The fourth-order valence-electron chi connectivity index (χ4n) is 3.15. The second-order valence-corrected chi connectivity index (χ2v) is 8.45. The highest BCUT2D eigenvalue weighted by molar-refractivity contribution is 7.92. The Morgan fingerprint density at radius 1 is 0.933 bits per heavy atom. The second-order valence-electron chi connectivity index (χ2n) is 6.77. The van der Waals surface area contributed by atoms with Crippen LogP contribution in [-0.4, -0.2) is 25.1 Å². The van der Waals surface area contributed by atoms with Gasteiger partial charge in [0.25, 0.3) is 15.9 Å². The lowest BCUT2D eigenvalue weighted by Crippen LogP contribution is -2.15. The molecule has 1 amide bonds. The van der Waals surface area contributed by atoms with Crippen molar-refractivity contribution in [3.05, 3.63) is 76.9 Å². The average Bonchev–Trinajstić information content (AvgIpc) is 2.98. The molecule has 0 unspecified atom stereocenters. The van der Waals surface area contributed by atoms with Crippen LogP contribution in [0.3, 0.4) is 0 Å². The van der Waals surface area contributed by atoms with Gasteiger partial charge in [0, 0.05) is 22.6 Å². The molecule has 3 rings (SSSR count). The van der Waals surface area contributed by atoms with Crippen molar-refractivity contribution in [3.63, 3.8) is 0 Å². The number of carbonyl (C=O) groups is 2. The number of H-pyrrole nitrogens is 1. The van der Waals surface area contributed by atoms with Gasteiger partial charge in [0.1, 0.15) is 11.5 Å². The lowest BCUT2D eigenvalue weighted by Gasteiger charge is -2.10. The van der Waals surface area contributed by atoms with E-state index in [4.69, 9.17) is 0 Å². The van der Waals surface area contributed by atoms with Gasteiger partial charge in [0.15, 0.2) is 5.78 Å². The molecule has 0 aliphatic rings. The summed E-state index contributed by atoms with van der Waals surface area (Å²) in [5.74, 6) is -1.07. The molecule has 1 heterocycles. The van der Waals surface area contributed by atoms with Gasteiger partial charge in [-0.1, -0.05) is 0 Å². The highest BCUT2D eigenvalue weighted by Gasteiger charge is 2.20. The maximum Gasteiger partial charge on any atom is 0.272 e. The summed E-state index contributed by atoms with van der Waals surface area (Å²) in [6, 6.07) is 10.5. The molecule has 0 saturated heterocycles. The van der Waals surface area contributed by atoms with E-state index in [1.807, 2.05) is 0 Å². The fraction of sp³-hybridized carbons (Fsp3) is 0.143. The van der Waals surface area contributed by atoms with Crippen LogP contribution in [0, 0.1) is 19.7 Å². The fourth-order valence-corrected chi connectivity index (χ4v) is 4.21. The van der Waals surface area contributed by atoms with Crippen molar-refractivity contribution in [2.75, 3.05) is 10.0 Å². The second kappa shape index (κ2) is 8.11. The Morgan fingerprint density at radius 2 is 1.50 bits per heavy atom. The number of aromatic nitrogens is 1. The predicted octanol–water partition coefficient (Wildman–Crippen LogP) is 4.03. The Hall–Kier alpha value is -3.46. The summed E-state index contributed by atoms with van der Waals surface area (Å²) >= 11 is 0. The van der Waals surface area contributed by atoms with E-state index in [2.05, 4.69) is 15.0 Å². The van der Waals surface area contributed by atoms with Crippen molar-refractivity contribution < 1.29 is 22.4 Å². The van der Waals surface area contributed by atoms with Crippen molar-refractivity contribution in [1.82, 2.24) is 4.98 Å². The van der Waals surface area contributed by atoms with E-state index in [0.29, 0.717) is 28.2 Å². The van der Waals surface area contributed by atoms with Crippen molar-refractivity contribution in [2.45, 2.75) is 25.7 Å². The number of nitrogens with one attached hydrogen (secondary N) is 3. The first-order valence-electron chi connectivity index (χ1n) is 8.98. The molecule has 0 saturated carbocycles. The number of Topliss-reactive ketones (excluding diaryl/α,β-unsaturated/α-hetero) is 1. The highest BCUT2D eigenvalue weighted by atomic mass is 32.2. The van der Waals surface area contributed by atoms with Gasteiger partial charge in [-0.15, -0.1) is 0 Å². The Morgan fingerprint density at radius 3 is 2.03 bits per heavy atom. The smallest absolute Gasteiger partial charge is 0.272 e. The lowest BCUT2D eigenvalue weighted by molar-refractivity contribution is 0.101. The first kappa shape index (κ1) is 21.3. The molecule has 0 atom stereocenters. The number of hydrogen-bond acceptors (Lipinski definition) is 4. The van der Waals surface area contributed by atoms with Gasteiger partial charge in [0.2, 0.25) is 0 Å². The van der Waals surface area contributed by atoms with Gasteiger partial charge in [-0.3, -0.25) is 14.3 Å². The molecule has 2 aromatic carbocycles. The predicted molar refractivity (Wildman–Crippen MR) is 112 cm³/mol. The number of rotatable bonds is 6. The first-order valence-corrected chi connectivity index (χ1v) is 10.5. The van der Waals surface area contributed by atoms with Gasteiger partial charge in [0.05, 0.1) is 4.90 Å². The Bertz CT molecular complexity index is 1210. The minimum absolute atomic E-state index is 0.0693. The van der Waals surface area contributed by atoms with Crippen LogP contribution >= 0.6 is 0 Å². The maximum absolute atomic E-state index is 13.0. The van der Waals surface area contributed by atoms with E-state index in [-0.39, 0.29) is 16.4 Å². The number of aromatic amines is 1. The monoisotopic (exact) mass is 429 g/mol. The van der Waals surface area contributed by atoms with Crippen molar-refractivity contribution >= 4 is 33.1 Å². The van der Waals surface area contributed by atoms with Crippen LogP contribution in [-0.2, 0) is 10.0 Å². The van der Waals surface area contributed by atoms with Crippen molar-refractivity contribution in [1.29, 1.82) is 0 Å². The average molecular weight is 429 g/mol. The van der Waals surface area contributed by atoms with E-state index in [0.717, 1.165) is 12.1 Å². The molecule has 0 bridgehead atoms. The molecule has 3 aromatic rings. The molecule has 0 radical (unpaired) electrons. The summed E-state index contributed by atoms with van der Waals surface area (Å²) in [5.41, 5.74) is 2.70. The molecule has 7 nitrogen and oxygen atoms in total. The number of amides is 1. The van der Waals surface area contributed by atoms with Gasteiger partial charge in [-0.2, -0.15) is 0 Å². The van der Waals surface area contributed by atoms with Crippen LogP contribution in [0.25, 0.3) is 0 Å². The van der Waals surface area contributed by atoms with Crippen LogP contribution < -0.4 is 10.0 Å².